The predicted molar refractivity (Wildman–Crippen MR) is 87.1 cm³/mol. The van der Waals surface area contributed by atoms with Crippen LogP contribution in [0.25, 0.3) is 0 Å². The molecule has 0 unspecified atom stereocenters. The third-order valence-electron chi connectivity index (χ3n) is 3.31. The molecule has 0 amide bonds. The zero-order chi connectivity index (χ0) is 15.2. The van der Waals surface area contributed by atoms with Crippen molar-refractivity contribution in [2.45, 2.75) is 29.7 Å². The fraction of sp³-hybridized carbons (Fsp3) is 0.235. The van der Waals surface area contributed by atoms with Crippen LogP contribution < -0.4 is 4.90 Å². The minimum absolute atomic E-state index is 0.549. The summed E-state index contributed by atoms with van der Waals surface area (Å²) < 4.78 is 0. The topological polar surface area (TPSA) is 40.5 Å². The number of carboxylic acids is 1. The van der Waals surface area contributed by atoms with E-state index in [2.05, 4.69) is 12.1 Å². The van der Waals surface area contributed by atoms with Crippen molar-refractivity contribution < 1.29 is 9.90 Å². The Balaban J connectivity index is 2.33. The molecule has 1 N–H and O–H groups in total. The van der Waals surface area contributed by atoms with Crippen molar-refractivity contribution in [2.24, 2.45) is 0 Å². The van der Waals surface area contributed by atoms with E-state index in [4.69, 9.17) is 0 Å². The molecule has 0 saturated carbocycles. The zero-order valence-electron chi connectivity index (χ0n) is 12.2. The lowest BCUT2D eigenvalue weighted by Crippen LogP contribution is -2.39. The van der Waals surface area contributed by atoms with Crippen LogP contribution >= 0.6 is 11.8 Å². The quantitative estimate of drug-likeness (QED) is 0.870. The van der Waals surface area contributed by atoms with Gasteiger partial charge in [0, 0.05) is 16.3 Å². The van der Waals surface area contributed by atoms with Crippen LogP contribution in [0.5, 0.6) is 0 Å². The van der Waals surface area contributed by atoms with Gasteiger partial charge in [-0.1, -0.05) is 42.1 Å². The van der Waals surface area contributed by atoms with Crippen molar-refractivity contribution in [1.29, 1.82) is 0 Å². The standard InChI is InChI=1S/C17H19NO2S/c1-3-18(13(2)17(19)20)15-11-7-8-12-16(15)21-14-9-5-4-6-10-14/h4-13H,3H2,1-2H3,(H,19,20)/t13-/m1/s1. The second-order valence-electron chi connectivity index (χ2n) is 4.68. The first kappa shape index (κ1) is 15.4. The highest BCUT2D eigenvalue weighted by molar-refractivity contribution is 7.99. The molecular weight excluding hydrogens is 282 g/mol. The lowest BCUT2D eigenvalue weighted by molar-refractivity contribution is -0.138. The lowest BCUT2D eigenvalue weighted by atomic mass is 10.2. The molecule has 0 saturated heterocycles. The number of nitrogens with zero attached hydrogens (tertiary/aromatic N) is 1. The first-order chi connectivity index (χ1) is 10.1. The maximum atomic E-state index is 11.3. The van der Waals surface area contributed by atoms with Crippen LogP contribution in [0.3, 0.4) is 0 Å². The molecule has 0 heterocycles. The number of benzene rings is 2. The van der Waals surface area contributed by atoms with Crippen molar-refractivity contribution in [2.75, 3.05) is 11.4 Å². The van der Waals surface area contributed by atoms with Gasteiger partial charge in [-0.05, 0) is 38.1 Å². The van der Waals surface area contributed by atoms with Crippen LogP contribution in [0.2, 0.25) is 0 Å². The number of carboxylic acid groups (broad SMARTS) is 1. The van der Waals surface area contributed by atoms with Gasteiger partial charge >= 0.3 is 5.97 Å². The lowest BCUT2D eigenvalue weighted by Gasteiger charge is -2.29. The van der Waals surface area contributed by atoms with E-state index in [0.717, 1.165) is 15.5 Å². The zero-order valence-corrected chi connectivity index (χ0v) is 13.0. The number of carbonyl (C=O) groups is 1. The summed E-state index contributed by atoms with van der Waals surface area (Å²) in [5.41, 5.74) is 0.962. The van der Waals surface area contributed by atoms with Gasteiger partial charge in [-0.25, -0.2) is 4.79 Å². The Kier molecular flexibility index (Phi) is 5.28. The Labute approximate surface area is 129 Å². The smallest absolute Gasteiger partial charge is 0.326 e. The number of rotatable bonds is 6. The molecule has 3 nitrogen and oxygen atoms in total. The molecule has 2 aromatic rings. The van der Waals surface area contributed by atoms with Crippen LogP contribution in [0.15, 0.2) is 64.4 Å². The number of anilines is 1. The van der Waals surface area contributed by atoms with Crippen molar-refractivity contribution in [1.82, 2.24) is 0 Å². The van der Waals surface area contributed by atoms with Gasteiger partial charge in [0.15, 0.2) is 0 Å². The summed E-state index contributed by atoms with van der Waals surface area (Å²) in [6.07, 6.45) is 0. The summed E-state index contributed by atoms with van der Waals surface area (Å²) in [6.45, 7) is 4.35. The average Bonchev–Trinajstić information content (AvgIpc) is 2.50. The Morgan fingerprint density at radius 2 is 1.76 bits per heavy atom. The van der Waals surface area contributed by atoms with Crippen LogP contribution in [0.1, 0.15) is 13.8 Å². The van der Waals surface area contributed by atoms with Crippen molar-refractivity contribution in [3.05, 3.63) is 54.6 Å². The van der Waals surface area contributed by atoms with E-state index in [1.165, 1.54) is 0 Å². The summed E-state index contributed by atoms with van der Waals surface area (Å²) in [4.78, 5) is 15.4. The van der Waals surface area contributed by atoms with Gasteiger partial charge in [0.2, 0.25) is 0 Å². The molecule has 1 atom stereocenters. The second-order valence-corrected chi connectivity index (χ2v) is 5.80. The average molecular weight is 301 g/mol. The molecule has 0 aliphatic rings. The van der Waals surface area contributed by atoms with E-state index in [0.29, 0.717) is 6.54 Å². The van der Waals surface area contributed by atoms with Crippen LogP contribution in [-0.4, -0.2) is 23.7 Å². The van der Waals surface area contributed by atoms with Crippen LogP contribution in [0, 0.1) is 0 Å². The molecule has 2 rings (SSSR count). The number of para-hydroxylation sites is 1. The van der Waals surface area contributed by atoms with Gasteiger partial charge in [0.25, 0.3) is 0 Å². The van der Waals surface area contributed by atoms with Gasteiger partial charge in [0.05, 0.1) is 5.69 Å². The third-order valence-corrected chi connectivity index (χ3v) is 4.38. The molecule has 0 aliphatic carbocycles. The minimum Gasteiger partial charge on any atom is -0.480 e. The Morgan fingerprint density at radius 1 is 1.14 bits per heavy atom. The van der Waals surface area contributed by atoms with E-state index in [1.807, 2.05) is 54.3 Å². The SMILES string of the molecule is CCN(c1ccccc1Sc1ccccc1)[C@H](C)C(=O)O. The summed E-state index contributed by atoms with van der Waals surface area (Å²) in [5.74, 6) is -0.809. The van der Waals surface area contributed by atoms with Gasteiger partial charge in [-0.2, -0.15) is 0 Å². The third kappa shape index (κ3) is 3.79. The summed E-state index contributed by atoms with van der Waals surface area (Å²) >= 11 is 1.65. The molecule has 21 heavy (non-hydrogen) atoms. The minimum atomic E-state index is -0.809. The number of aliphatic carboxylic acids is 1. The van der Waals surface area contributed by atoms with Gasteiger partial charge in [-0.3, -0.25) is 0 Å². The first-order valence-electron chi connectivity index (χ1n) is 6.95. The highest BCUT2D eigenvalue weighted by atomic mass is 32.2. The van der Waals surface area contributed by atoms with E-state index >= 15 is 0 Å². The number of likely N-dealkylation sites (N-methyl/N-ethyl adjacent to an activating group) is 1. The summed E-state index contributed by atoms with van der Waals surface area (Å²) in [5, 5.41) is 9.28. The van der Waals surface area contributed by atoms with Gasteiger partial charge < -0.3 is 10.0 Å². The van der Waals surface area contributed by atoms with E-state index < -0.39 is 12.0 Å². The first-order valence-corrected chi connectivity index (χ1v) is 7.76. The molecule has 4 heteroatoms. The Hall–Kier alpha value is -1.94. The van der Waals surface area contributed by atoms with Crippen molar-refractivity contribution in [3.8, 4) is 0 Å². The fourth-order valence-corrected chi connectivity index (χ4v) is 3.17. The molecule has 0 aliphatic heterocycles. The van der Waals surface area contributed by atoms with Crippen LogP contribution in [-0.2, 0) is 4.79 Å². The molecular formula is C17H19NO2S. The Bertz CT molecular complexity index is 601. The second kappa shape index (κ2) is 7.18. The van der Waals surface area contributed by atoms with E-state index in [9.17, 15) is 9.90 Å². The van der Waals surface area contributed by atoms with Crippen LogP contribution in [0.4, 0.5) is 5.69 Å². The molecule has 2 aromatic carbocycles. The normalized spacial score (nSPS) is 11.9. The monoisotopic (exact) mass is 301 g/mol. The molecule has 0 fully saturated rings. The maximum absolute atomic E-state index is 11.3. The van der Waals surface area contributed by atoms with Crippen molar-refractivity contribution in [3.63, 3.8) is 0 Å². The van der Waals surface area contributed by atoms with Gasteiger partial charge in [-0.15, -0.1) is 0 Å². The highest BCUT2D eigenvalue weighted by Crippen LogP contribution is 2.35. The van der Waals surface area contributed by atoms with Gasteiger partial charge in [0.1, 0.15) is 6.04 Å². The molecule has 0 radical (unpaired) electrons. The van der Waals surface area contributed by atoms with Crippen molar-refractivity contribution >= 4 is 23.4 Å². The largest absolute Gasteiger partial charge is 0.480 e. The number of hydrogen-bond acceptors (Lipinski definition) is 3. The molecule has 0 spiro atoms. The predicted octanol–water partition coefficient (Wildman–Crippen LogP) is 4.14. The van der Waals surface area contributed by atoms with E-state index in [-0.39, 0.29) is 0 Å². The summed E-state index contributed by atoms with van der Waals surface area (Å²) in [7, 11) is 0. The fourth-order valence-electron chi connectivity index (χ4n) is 2.18. The van der Waals surface area contributed by atoms with E-state index in [1.54, 1.807) is 18.7 Å². The maximum Gasteiger partial charge on any atom is 0.326 e. The number of hydrogen-bond donors (Lipinski definition) is 1. The molecule has 0 bridgehead atoms. The molecule has 0 aromatic heterocycles. The highest BCUT2D eigenvalue weighted by Gasteiger charge is 2.21. The summed E-state index contributed by atoms with van der Waals surface area (Å²) in [6, 6.07) is 17.5. The molecule has 110 valence electrons. The Morgan fingerprint density at radius 3 is 2.38 bits per heavy atom.